The summed E-state index contributed by atoms with van der Waals surface area (Å²) in [7, 11) is 0. The Morgan fingerprint density at radius 3 is 3.18 bits per heavy atom. The van der Waals surface area contributed by atoms with Crippen LogP contribution in [0.2, 0.25) is 5.02 Å². The molecule has 4 heteroatoms. The Labute approximate surface area is 68.4 Å². The van der Waals surface area contributed by atoms with Crippen LogP contribution < -0.4 is 5.73 Å². The first kappa shape index (κ1) is 6.49. The van der Waals surface area contributed by atoms with Crippen molar-refractivity contribution in [2.24, 2.45) is 0 Å². The summed E-state index contributed by atoms with van der Waals surface area (Å²) in [6.45, 7) is 0. The predicted octanol–water partition coefficient (Wildman–Crippen LogP) is 1.57. The molecule has 2 aromatic heterocycles. The van der Waals surface area contributed by atoms with Crippen LogP contribution in [0.3, 0.4) is 0 Å². The highest BCUT2D eigenvalue weighted by atomic mass is 35.5. The summed E-state index contributed by atoms with van der Waals surface area (Å²) < 4.78 is 1.79. The minimum absolute atomic E-state index is 0.600. The summed E-state index contributed by atoms with van der Waals surface area (Å²) in [5, 5.41) is 0.619. The Kier molecular flexibility index (Phi) is 1.26. The molecular formula is C7H6ClN3. The molecule has 0 spiro atoms. The number of anilines is 1. The van der Waals surface area contributed by atoms with E-state index in [1.165, 1.54) is 0 Å². The van der Waals surface area contributed by atoms with Crippen molar-refractivity contribution in [3.8, 4) is 0 Å². The van der Waals surface area contributed by atoms with Crippen LogP contribution in [0.1, 0.15) is 0 Å². The van der Waals surface area contributed by atoms with Crippen molar-refractivity contribution in [2.45, 2.75) is 0 Å². The fourth-order valence-electron chi connectivity index (χ4n) is 1.02. The molecule has 11 heavy (non-hydrogen) atoms. The van der Waals surface area contributed by atoms with E-state index in [9.17, 15) is 0 Å². The Hall–Kier alpha value is -1.22. The van der Waals surface area contributed by atoms with Gasteiger partial charge in [-0.3, -0.25) is 0 Å². The molecule has 0 aliphatic heterocycles. The summed E-state index contributed by atoms with van der Waals surface area (Å²) >= 11 is 5.75. The van der Waals surface area contributed by atoms with Gasteiger partial charge in [0.15, 0.2) is 5.65 Å². The van der Waals surface area contributed by atoms with Crippen molar-refractivity contribution in [1.82, 2.24) is 9.38 Å². The van der Waals surface area contributed by atoms with Crippen LogP contribution in [0.4, 0.5) is 5.69 Å². The van der Waals surface area contributed by atoms with E-state index in [0.717, 1.165) is 5.65 Å². The van der Waals surface area contributed by atoms with E-state index in [0.29, 0.717) is 10.7 Å². The molecule has 2 heterocycles. The molecule has 0 bridgehead atoms. The first-order valence-corrected chi connectivity index (χ1v) is 3.53. The first-order chi connectivity index (χ1) is 5.27. The van der Waals surface area contributed by atoms with Gasteiger partial charge >= 0.3 is 0 Å². The fraction of sp³-hybridized carbons (Fsp3) is 0. The zero-order valence-electron chi connectivity index (χ0n) is 5.66. The van der Waals surface area contributed by atoms with E-state index < -0.39 is 0 Å². The molecule has 0 radical (unpaired) electrons. The lowest BCUT2D eigenvalue weighted by atomic mass is 10.4. The lowest BCUT2D eigenvalue weighted by Gasteiger charge is -1.97. The van der Waals surface area contributed by atoms with Gasteiger partial charge in [-0.15, -0.1) is 0 Å². The van der Waals surface area contributed by atoms with Gasteiger partial charge in [0.05, 0.1) is 10.7 Å². The minimum Gasteiger partial charge on any atom is -0.396 e. The number of halogens is 1. The third-order valence-corrected chi connectivity index (χ3v) is 1.69. The molecule has 0 atom stereocenters. The van der Waals surface area contributed by atoms with Crippen LogP contribution in [0.15, 0.2) is 24.7 Å². The van der Waals surface area contributed by atoms with Crippen LogP contribution in [0.5, 0.6) is 0 Å². The van der Waals surface area contributed by atoms with Gasteiger partial charge < -0.3 is 10.1 Å². The standard InChI is InChI=1S/C7H6ClN3/c8-5-3-6(9)7-10-1-2-11(7)4-5/h1-4H,9H2. The number of rotatable bonds is 0. The minimum atomic E-state index is 0.600. The summed E-state index contributed by atoms with van der Waals surface area (Å²) in [6, 6.07) is 1.68. The molecule has 2 N–H and O–H groups in total. The van der Waals surface area contributed by atoms with E-state index >= 15 is 0 Å². The van der Waals surface area contributed by atoms with Crippen LogP contribution >= 0.6 is 11.6 Å². The monoisotopic (exact) mass is 167 g/mol. The van der Waals surface area contributed by atoms with Crippen molar-refractivity contribution in [3.05, 3.63) is 29.7 Å². The van der Waals surface area contributed by atoms with Crippen molar-refractivity contribution in [3.63, 3.8) is 0 Å². The maximum absolute atomic E-state index is 5.75. The van der Waals surface area contributed by atoms with Gasteiger partial charge in [-0.1, -0.05) is 11.6 Å². The molecule has 0 saturated heterocycles. The van der Waals surface area contributed by atoms with Crippen LogP contribution in [0.25, 0.3) is 5.65 Å². The van der Waals surface area contributed by atoms with Crippen LogP contribution in [0, 0.1) is 0 Å². The second-order valence-electron chi connectivity index (χ2n) is 2.27. The lowest BCUT2D eigenvalue weighted by Crippen LogP contribution is -1.91. The number of nitrogens with zero attached hydrogens (tertiary/aromatic N) is 2. The van der Waals surface area contributed by atoms with E-state index in [1.54, 1.807) is 29.1 Å². The zero-order valence-corrected chi connectivity index (χ0v) is 6.42. The number of nitrogen functional groups attached to an aromatic ring is 1. The summed E-state index contributed by atoms with van der Waals surface area (Å²) in [5.41, 5.74) is 6.98. The van der Waals surface area contributed by atoms with Crippen molar-refractivity contribution >= 4 is 22.9 Å². The smallest absolute Gasteiger partial charge is 0.160 e. The number of nitrogens with two attached hydrogens (primary N) is 1. The topological polar surface area (TPSA) is 43.3 Å². The summed E-state index contributed by atoms with van der Waals surface area (Å²) in [6.07, 6.45) is 5.25. The van der Waals surface area contributed by atoms with E-state index in [-0.39, 0.29) is 0 Å². The number of hydrogen-bond donors (Lipinski definition) is 1. The molecule has 0 saturated carbocycles. The second kappa shape index (κ2) is 2.13. The summed E-state index contributed by atoms with van der Waals surface area (Å²) in [5.74, 6) is 0. The van der Waals surface area contributed by atoms with Gasteiger partial charge in [-0.25, -0.2) is 4.98 Å². The molecule has 0 unspecified atom stereocenters. The molecule has 2 rings (SSSR count). The lowest BCUT2D eigenvalue weighted by molar-refractivity contribution is 1.19. The van der Waals surface area contributed by atoms with E-state index in [4.69, 9.17) is 17.3 Å². The SMILES string of the molecule is Nc1cc(Cl)cn2ccnc12. The molecule has 0 aromatic carbocycles. The third-order valence-electron chi connectivity index (χ3n) is 1.48. The normalized spacial score (nSPS) is 10.6. The maximum Gasteiger partial charge on any atom is 0.160 e. The molecule has 2 aromatic rings. The van der Waals surface area contributed by atoms with E-state index in [1.807, 2.05) is 0 Å². The van der Waals surface area contributed by atoms with Crippen molar-refractivity contribution < 1.29 is 0 Å². The molecule has 0 aliphatic rings. The maximum atomic E-state index is 5.75. The molecule has 3 nitrogen and oxygen atoms in total. The largest absolute Gasteiger partial charge is 0.396 e. The van der Waals surface area contributed by atoms with E-state index in [2.05, 4.69) is 4.98 Å². The molecule has 0 fully saturated rings. The first-order valence-electron chi connectivity index (χ1n) is 3.15. The highest BCUT2D eigenvalue weighted by Crippen LogP contribution is 2.17. The summed E-state index contributed by atoms with van der Waals surface area (Å²) in [4.78, 5) is 4.04. The Morgan fingerprint density at radius 2 is 2.36 bits per heavy atom. The number of fused-ring (bicyclic) bond motifs is 1. The number of pyridine rings is 1. The number of hydrogen-bond acceptors (Lipinski definition) is 2. The highest BCUT2D eigenvalue weighted by molar-refractivity contribution is 6.30. The molecular weight excluding hydrogens is 162 g/mol. The zero-order chi connectivity index (χ0) is 7.84. The van der Waals surface area contributed by atoms with Gasteiger partial charge in [0.1, 0.15) is 0 Å². The number of aromatic nitrogens is 2. The second-order valence-corrected chi connectivity index (χ2v) is 2.71. The highest BCUT2D eigenvalue weighted by Gasteiger charge is 1.99. The van der Waals surface area contributed by atoms with Gasteiger partial charge in [-0.2, -0.15) is 0 Å². The van der Waals surface area contributed by atoms with Crippen LogP contribution in [-0.2, 0) is 0 Å². The average molecular weight is 168 g/mol. The average Bonchev–Trinajstić information content (AvgIpc) is 2.34. The van der Waals surface area contributed by atoms with Gasteiger partial charge in [0, 0.05) is 18.6 Å². The third kappa shape index (κ3) is 0.935. The Balaban J connectivity index is 2.91. The van der Waals surface area contributed by atoms with Gasteiger partial charge in [-0.05, 0) is 6.07 Å². The van der Waals surface area contributed by atoms with Gasteiger partial charge in [0.2, 0.25) is 0 Å². The van der Waals surface area contributed by atoms with Crippen LogP contribution in [-0.4, -0.2) is 9.38 Å². The predicted molar refractivity (Wildman–Crippen MR) is 44.6 cm³/mol. The van der Waals surface area contributed by atoms with Crippen molar-refractivity contribution in [2.75, 3.05) is 5.73 Å². The Bertz CT molecular complexity index is 393. The quantitative estimate of drug-likeness (QED) is 0.647. The molecule has 0 amide bonds. The number of imidazole rings is 1. The van der Waals surface area contributed by atoms with Gasteiger partial charge in [0.25, 0.3) is 0 Å². The Morgan fingerprint density at radius 1 is 1.55 bits per heavy atom. The fourth-order valence-corrected chi connectivity index (χ4v) is 1.25. The molecule has 0 aliphatic carbocycles. The molecule has 56 valence electrons. The van der Waals surface area contributed by atoms with Crippen molar-refractivity contribution in [1.29, 1.82) is 0 Å².